The van der Waals surface area contributed by atoms with E-state index in [9.17, 15) is 18.8 Å². The molecular weight excluding hydrogens is 498 g/mol. The second kappa shape index (κ2) is 11.1. The van der Waals surface area contributed by atoms with Crippen molar-refractivity contribution in [3.05, 3.63) is 77.1 Å². The van der Waals surface area contributed by atoms with Crippen molar-refractivity contribution in [3.63, 3.8) is 0 Å². The lowest BCUT2D eigenvalue weighted by molar-refractivity contribution is -0.114. The van der Waals surface area contributed by atoms with Gasteiger partial charge in [0.05, 0.1) is 15.9 Å². The molecule has 2 aromatic carbocycles. The van der Waals surface area contributed by atoms with E-state index in [1.165, 1.54) is 28.4 Å². The Balaban J connectivity index is 1.79. The van der Waals surface area contributed by atoms with Gasteiger partial charge in [-0.2, -0.15) is 14.0 Å². The molecule has 4 rings (SSSR count). The minimum absolute atomic E-state index is 0.0444. The third-order valence-corrected chi connectivity index (χ3v) is 7.45. The molecule has 0 bridgehead atoms. The monoisotopic (exact) mass is 522 g/mol. The maximum absolute atomic E-state index is 13.8. The van der Waals surface area contributed by atoms with Gasteiger partial charge in [0.15, 0.2) is 5.13 Å². The van der Waals surface area contributed by atoms with Gasteiger partial charge >= 0.3 is 0 Å². The summed E-state index contributed by atoms with van der Waals surface area (Å²) in [4.78, 5) is 20.2. The number of nitrogens with zero attached hydrogens (tertiary/aromatic N) is 4. The Morgan fingerprint density at radius 1 is 1.22 bits per heavy atom. The van der Waals surface area contributed by atoms with E-state index >= 15 is 0 Å². The molecule has 184 valence electrons. The van der Waals surface area contributed by atoms with Gasteiger partial charge in [-0.1, -0.05) is 42.2 Å². The number of nitriles is 1. The van der Waals surface area contributed by atoms with E-state index in [1.807, 2.05) is 44.2 Å². The molecule has 0 fully saturated rings. The number of alkyl halides is 2. The van der Waals surface area contributed by atoms with Crippen molar-refractivity contribution < 1.29 is 13.6 Å². The number of benzene rings is 2. The fourth-order valence-electron chi connectivity index (χ4n) is 4.01. The number of carbonyl (C=O) groups is 1. The predicted molar refractivity (Wildman–Crippen MR) is 143 cm³/mol. The van der Waals surface area contributed by atoms with E-state index in [4.69, 9.17) is 0 Å². The summed E-state index contributed by atoms with van der Waals surface area (Å²) in [6.07, 6.45) is 2.58. The molecule has 0 saturated heterocycles. The summed E-state index contributed by atoms with van der Waals surface area (Å²) in [6, 6.07) is 17.8. The van der Waals surface area contributed by atoms with Crippen LogP contribution in [0.3, 0.4) is 0 Å². The van der Waals surface area contributed by atoms with Gasteiger partial charge in [0.1, 0.15) is 11.6 Å². The van der Waals surface area contributed by atoms with Crippen molar-refractivity contribution in [2.75, 3.05) is 4.90 Å². The molecule has 0 radical (unpaired) electrons. The molecule has 1 amide bonds. The molecule has 4 aromatic rings. The SMILES string of the molecule is CCCn1c(C)cc(/C=C(\C#N)C(=O)N(c2ccc(SC(F)F)cc2)c2nc3ccccc3s2)c1C. The zero-order valence-electron chi connectivity index (χ0n) is 20.0. The minimum Gasteiger partial charge on any atom is -0.349 e. The molecule has 36 heavy (non-hydrogen) atoms. The summed E-state index contributed by atoms with van der Waals surface area (Å²) in [5, 5.41) is 10.4. The molecule has 0 unspecified atom stereocenters. The molecule has 0 aliphatic heterocycles. The predicted octanol–water partition coefficient (Wildman–Crippen LogP) is 7.71. The van der Waals surface area contributed by atoms with E-state index in [0.717, 1.165) is 40.1 Å². The van der Waals surface area contributed by atoms with Crippen LogP contribution < -0.4 is 4.90 Å². The van der Waals surface area contributed by atoms with Crippen molar-refractivity contribution in [2.24, 2.45) is 0 Å². The van der Waals surface area contributed by atoms with Crippen LogP contribution in [0, 0.1) is 25.2 Å². The highest BCUT2D eigenvalue weighted by atomic mass is 32.2. The summed E-state index contributed by atoms with van der Waals surface area (Å²) in [7, 11) is 0. The average molecular weight is 523 g/mol. The highest BCUT2D eigenvalue weighted by Crippen LogP contribution is 2.36. The molecule has 2 aromatic heterocycles. The standard InChI is InChI=1S/C27H24F2N4OS2/c1-4-13-32-17(2)14-19(18(32)3)15-20(16-30)25(34)33(21-9-11-22(12-10-21)35-26(28)29)27-31-23-7-5-6-8-24(23)36-27/h5-12,14-15,26H,4,13H2,1-3H3/b20-15+. The summed E-state index contributed by atoms with van der Waals surface area (Å²) < 4.78 is 28.7. The Bertz CT molecular complexity index is 1430. The van der Waals surface area contributed by atoms with Crippen LogP contribution in [0.2, 0.25) is 0 Å². The number of amides is 1. The Kier molecular flexibility index (Phi) is 7.87. The number of hydrogen-bond donors (Lipinski definition) is 0. The minimum atomic E-state index is -2.54. The second-order valence-electron chi connectivity index (χ2n) is 8.13. The lowest BCUT2D eigenvalue weighted by Crippen LogP contribution is -2.27. The number of anilines is 2. The molecule has 0 spiro atoms. The molecule has 9 heteroatoms. The van der Waals surface area contributed by atoms with Crippen molar-refractivity contribution in [1.29, 1.82) is 5.26 Å². The van der Waals surface area contributed by atoms with Crippen molar-refractivity contribution >= 4 is 56.1 Å². The Morgan fingerprint density at radius 3 is 2.58 bits per heavy atom. The molecule has 0 saturated carbocycles. The summed E-state index contributed by atoms with van der Waals surface area (Å²) in [6.45, 7) is 6.92. The third kappa shape index (κ3) is 5.35. The molecule has 2 heterocycles. The quantitative estimate of drug-likeness (QED) is 0.135. The average Bonchev–Trinajstić information content (AvgIpc) is 3.39. The number of carbonyl (C=O) groups excluding carboxylic acids is 1. The number of thiazole rings is 1. The van der Waals surface area contributed by atoms with Crippen molar-refractivity contribution in [3.8, 4) is 6.07 Å². The molecule has 0 atom stereocenters. The molecule has 0 aliphatic rings. The zero-order chi connectivity index (χ0) is 25.8. The smallest absolute Gasteiger partial charge is 0.288 e. The Hall–Kier alpha value is -3.48. The topological polar surface area (TPSA) is 61.9 Å². The van der Waals surface area contributed by atoms with Gasteiger partial charge in [-0.15, -0.1) is 0 Å². The van der Waals surface area contributed by atoms with Gasteiger partial charge < -0.3 is 4.57 Å². The first-order valence-corrected chi connectivity index (χ1v) is 13.1. The number of aromatic nitrogens is 2. The van der Waals surface area contributed by atoms with Gasteiger partial charge in [0.2, 0.25) is 0 Å². The van der Waals surface area contributed by atoms with Gasteiger partial charge in [-0.25, -0.2) is 4.98 Å². The highest BCUT2D eigenvalue weighted by Gasteiger charge is 2.26. The van der Waals surface area contributed by atoms with Crippen LogP contribution in [0.15, 0.2) is 65.1 Å². The van der Waals surface area contributed by atoms with E-state index < -0.39 is 11.7 Å². The van der Waals surface area contributed by atoms with Crippen molar-refractivity contribution in [1.82, 2.24) is 9.55 Å². The first-order chi connectivity index (χ1) is 17.3. The van der Waals surface area contributed by atoms with E-state index in [1.54, 1.807) is 18.2 Å². The van der Waals surface area contributed by atoms with E-state index in [0.29, 0.717) is 27.5 Å². The zero-order valence-corrected chi connectivity index (χ0v) is 21.7. The lowest BCUT2D eigenvalue weighted by atomic mass is 10.1. The van der Waals surface area contributed by atoms with Crippen LogP contribution in [0.5, 0.6) is 0 Å². The summed E-state index contributed by atoms with van der Waals surface area (Å²) in [5.41, 5.74) is 3.96. The summed E-state index contributed by atoms with van der Waals surface area (Å²) in [5.74, 6) is -3.08. The van der Waals surface area contributed by atoms with Gasteiger partial charge in [-0.3, -0.25) is 9.69 Å². The van der Waals surface area contributed by atoms with Crippen molar-refractivity contribution in [2.45, 2.75) is 44.4 Å². The maximum Gasteiger partial charge on any atom is 0.288 e. The molecular formula is C27H24F2N4OS2. The Morgan fingerprint density at radius 2 is 1.94 bits per heavy atom. The molecule has 0 N–H and O–H groups in total. The first-order valence-electron chi connectivity index (χ1n) is 11.4. The highest BCUT2D eigenvalue weighted by molar-refractivity contribution is 7.99. The second-order valence-corrected chi connectivity index (χ2v) is 10.2. The number of para-hydroxylation sites is 1. The van der Waals surface area contributed by atoms with E-state index in [-0.39, 0.29) is 5.57 Å². The van der Waals surface area contributed by atoms with E-state index in [2.05, 4.69) is 22.5 Å². The molecule has 0 aliphatic carbocycles. The van der Waals surface area contributed by atoms with Gasteiger partial charge in [0, 0.05) is 22.8 Å². The molecule has 5 nitrogen and oxygen atoms in total. The van der Waals surface area contributed by atoms with Gasteiger partial charge in [0.25, 0.3) is 11.7 Å². The summed E-state index contributed by atoms with van der Waals surface area (Å²) >= 11 is 1.75. The third-order valence-electron chi connectivity index (χ3n) is 5.71. The first kappa shape index (κ1) is 25.6. The van der Waals surface area contributed by atoms with Crippen LogP contribution in [0.25, 0.3) is 16.3 Å². The lowest BCUT2D eigenvalue weighted by Gasteiger charge is -2.20. The van der Waals surface area contributed by atoms with Gasteiger partial charge in [-0.05, 0) is 74.4 Å². The largest absolute Gasteiger partial charge is 0.349 e. The van der Waals surface area contributed by atoms with Crippen LogP contribution in [0.1, 0.15) is 30.3 Å². The van der Waals surface area contributed by atoms with Crippen LogP contribution in [0.4, 0.5) is 19.6 Å². The van der Waals surface area contributed by atoms with Crippen LogP contribution in [-0.2, 0) is 11.3 Å². The number of hydrogen-bond acceptors (Lipinski definition) is 5. The normalized spacial score (nSPS) is 11.8. The fraction of sp³-hybridized carbons (Fsp3) is 0.222. The number of halogens is 2. The Labute approximate surface area is 216 Å². The number of rotatable bonds is 8. The fourth-order valence-corrected chi connectivity index (χ4v) is 5.49. The number of fused-ring (bicyclic) bond motifs is 1. The van der Waals surface area contributed by atoms with Crippen LogP contribution >= 0.6 is 23.1 Å². The van der Waals surface area contributed by atoms with Crippen LogP contribution in [-0.4, -0.2) is 21.2 Å². The number of thioether (sulfide) groups is 1. The number of aryl methyl sites for hydroxylation is 1. The maximum atomic E-state index is 13.8.